The van der Waals surface area contributed by atoms with Gasteiger partial charge in [-0.2, -0.15) is 0 Å². The standard InChI is InChI=1S/C34H33BrCl2N2O3/c35-33-28-14-8-7-11-24(28)16-18-31(33)42-22-32(40)39(21-25-15-17-26(36)20-29(25)37)30(19-23-9-3-1-4-10-23)34(41)38-27-12-5-2-6-13-27/h1,3-4,7-11,14-18,20,27,30H,2,5-6,12-13,19,21-22H2,(H,38,41)/t30-/m0/s1. The number of nitrogens with one attached hydrogen (secondary N) is 1. The third kappa shape index (κ3) is 7.66. The Morgan fingerprint density at radius 2 is 1.67 bits per heavy atom. The molecule has 0 saturated heterocycles. The lowest BCUT2D eigenvalue weighted by molar-refractivity contribution is -0.143. The van der Waals surface area contributed by atoms with E-state index in [9.17, 15) is 9.59 Å². The SMILES string of the molecule is O=C(NC1CCCCC1)[C@H](Cc1ccccc1)N(Cc1ccc(Cl)cc1Cl)C(=O)COc1ccc2ccccc2c1Br. The van der Waals surface area contributed by atoms with Crippen molar-refractivity contribution >= 4 is 61.7 Å². The van der Waals surface area contributed by atoms with E-state index in [1.807, 2.05) is 66.7 Å². The Morgan fingerprint density at radius 1 is 0.929 bits per heavy atom. The van der Waals surface area contributed by atoms with Gasteiger partial charge in [-0.05, 0) is 68.9 Å². The first kappa shape index (κ1) is 30.4. The Bertz CT molecular complexity index is 1540. The van der Waals surface area contributed by atoms with E-state index in [-0.39, 0.29) is 31.0 Å². The van der Waals surface area contributed by atoms with Gasteiger partial charge in [0.15, 0.2) is 6.61 Å². The summed E-state index contributed by atoms with van der Waals surface area (Å²) in [7, 11) is 0. The van der Waals surface area contributed by atoms with Crippen molar-refractivity contribution in [1.82, 2.24) is 10.2 Å². The summed E-state index contributed by atoms with van der Waals surface area (Å²) in [6.07, 6.45) is 5.61. The predicted molar refractivity (Wildman–Crippen MR) is 173 cm³/mol. The molecule has 0 aromatic heterocycles. The van der Waals surface area contributed by atoms with Crippen LogP contribution in [0.5, 0.6) is 5.75 Å². The van der Waals surface area contributed by atoms with Crippen LogP contribution in [0.1, 0.15) is 43.2 Å². The Kier molecular flexibility index (Phi) is 10.4. The zero-order chi connectivity index (χ0) is 29.5. The van der Waals surface area contributed by atoms with Gasteiger partial charge in [-0.15, -0.1) is 0 Å². The zero-order valence-electron chi connectivity index (χ0n) is 23.2. The molecule has 218 valence electrons. The topological polar surface area (TPSA) is 58.6 Å². The van der Waals surface area contributed by atoms with E-state index in [0.29, 0.717) is 27.8 Å². The maximum Gasteiger partial charge on any atom is 0.261 e. The highest BCUT2D eigenvalue weighted by Gasteiger charge is 2.32. The van der Waals surface area contributed by atoms with Crippen LogP contribution in [-0.4, -0.2) is 35.4 Å². The van der Waals surface area contributed by atoms with E-state index >= 15 is 0 Å². The highest BCUT2D eigenvalue weighted by atomic mass is 79.9. The molecule has 4 aromatic carbocycles. The van der Waals surface area contributed by atoms with Gasteiger partial charge in [-0.25, -0.2) is 0 Å². The number of carbonyl (C=O) groups is 2. The van der Waals surface area contributed by atoms with Gasteiger partial charge in [0.1, 0.15) is 11.8 Å². The lowest BCUT2D eigenvalue weighted by Gasteiger charge is -2.33. The van der Waals surface area contributed by atoms with Crippen LogP contribution in [0.2, 0.25) is 10.0 Å². The van der Waals surface area contributed by atoms with Crippen molar-refractivity contribution in [2.24, 2.45) is 0 Å². The second-order valence-electron chi connectivity index (χ2n) is 10.7. The number of amides is 2. The monoisotopic (exact) mass is 666 g/mol. The molecule has 8 heteroatoms. The molecule has 1 aliphatic carbocycles. The summed E-state index contributed by atoms with van der Waals surface area (Å²) in [6.45, 7) is -0.114. The summed E-state index contributed by atoms with van der Waals surface area (Å²) in [5.74, 6) is 0.0645. The molecule has 0 heterocycles. The van der Waals surface area contributed by atoms with Gasteiger partial charge >= 0.3 is 0 Å². The molecule has 0 unspecified atom stereocenters. The number of nitrogens with zero attached hydrogens (tertiary/aromatic N) is 1. The van der Waals surface area contributed by atoms with Crippen LogP contribution < -0.4 is 10.1 Å². The lowest BCUT2D eigenvalue weighted by atomic mass is 9.94. The summed E-state index contributed by atoms with van der Waals surface area (Å²) in [4.78, 5) is 29.6. The summed E-state index contributed by atoms with van der Waals surface area (Å²) < 4.78 is 6.86. The van der Waals surface area contributed by atoms with Crippen molar-refractivity contribution in [1.29, 1.82) is 0 Å². The van der Waals surface area contributed by atoms with E-state index in [0.717, 1.165) is 46.5 Å². The van der Waals surface area contributed by atoms with Crippen LogP contribution in [0.15, 0.2) is 89.4 Å². The fraction of sp³-hybridized carbons (Fsp3) is 0.294. The zero-order valence-corrected chi connectivity index (χ0v) is 26.3. The summed E-state index contributed by atoms with van der Waals surface area (Å²) in [5, 5.41) is 6.24. The summed E-state index contributed by atoms with van der Waals surface area (Å²) in [5.41, 5.74) is 1.66. The van der Waals surface area contributed by atoms with Crippen molar-refractivity contribution in [3.63, 3.8) is 0 Å². The molecule has 0 bridgehead atoms. The number of carbonyl (C=O) groups excluding carboxylic acids is 2. The van der Waals surface area contributed by atoms with Gasteiger partial charge in [-0.3, -0.25) is 9.59 Å². The number of hydrogen-bond donors (Lipinski definition) is 1. The van der Waals surface area contributed by atoms with Crippen molar-refractivity contribution in [2.45, 2.75) is 57.2 Å². The molecule has 1 aliphatic rings. The Hall–Kier alpha value is -3.06. The van der Waals surface area contributed by atoms with Gasteiger partial charge in [0, 0.05) is 29.1 Å². The molecule has 1 atom stereocenters. The van der Waals surface area contributed by atoms with Gasteiger partial charge in [-0.1, -0.05) is 109 Å². The van der Waals surface area contributed by atoms with Gasteiger partial charge in [0.05, 0.1) is 4.47 Å². The molecular formula is C34H33BrCl2N2O3. The van der Waals surface area contributed by atoms with E-state index in [1.165, 1.54) is 6.42 Å². The molecule has 1 N–H and O–H groups in total. The fourth-order valence-electron chi connectivity index (χ4n) is 5.48. The first-order valence-corrected chi connectivity index (χ1v) is 15.8. The van der Waals surface area contributed by atoms with Crippen molar-refractivity contribution in [3.8, 4) is 5.75 Å². The fourth-order valence-corrected chi connectivity index (χ4v) is 6.56. The van der Waals surface area contributed by atoms with E-state index in [4.69, 9.17) is 27.9 Å². The smallest absolute Gasteiger partial charge is 0.261 e. The minimum Gasteiger partial charge on any atom is -0.483 e. The van der Waals surface area contributed by atoms with Crippen LogP contribution in [0, 0.1) is 0 Å². The van der Waals surface area contributed by atoms with Crippen molar-refractivity contribution < 1.29 is 14.3 Å². The Labute approximate surface area is 265 Å². The molecule has 0 radical (unpaired) electrons. The van der Waals surface area contributed by atoms with Crippen molar-refractivity contribution in [2.75, 3.05) is 6.61 Å². The second kappa shape index (κ2) is 14.4. The average Bonchev–Trinajstić information content (AvgIpc) is 3.00. The maximum absolute atomic E-state index is 14.0. The number of rotatable bonds is 10. The quantitative estimate of drug-likeness (QED) is 0.185. The van der Waals surface area contributed by atoms with Crippen molar-refractivity contribution in [3.05, 3.63) is 111 Å². The highest BCUT2D eigenvalue weighted by molar-refractivity contribution is 9.10. The predicted octanol–water partition coefficient (Wildman–Crippen LogP) is 8.38. The second-order valence-corrected chi connectivity index (χ2v) is 12.3. The summed E-state index contributed by atoms with van der Waals surface area (Å²) in [6, 6.07) is 26.0. The minimum atomic E-state index is -0.766. The Morgan fingerprint density at radius 3 is 2.43 bits per heavy atom. The number of hydrogen-bond acceptors (Lipinski definition) is 3. The van der Waals surface area contributed by atoms with Crippen LogP contribution in [0.3, 0.4) is 0 Å². The van der Waals surface area contributed by atoms with Gasteiger partial charge in [0.2, 0.25) is 5.91 Å². The van der Waals surface area contributed by atoms with E-state index in [1.54, 1.807) is 23.1 Å². The average molecular weight is 668 g/mol. The molecule has 1 saturated carbocycles. The van der Waals surface area contributed by atoms with Crippen LogP contribution in [0.4, 0.5) is 0 Å². The molecule has 1 fully saturated rings. The molecule has 0 spiro atoms. The number of ether oxygens (including phenoxy) is 1. The Balaban J connectivity index is 1.45. The minimum absolute atomic E-state index is 0.102. The van der Waals surface area contributed by atoms with E-state index < -0.39 is 6.04 Å². The third-order valence-electron chi connectivity index (χ3n) is 7.76. The van der Waals surface area contributed by atoms with Crippen LogP contribution >= 0.6 is 39.1 Å². The number of benzene rings is 4. The summed E-state index contributed by atoms with van der Waals surface area (Å²) >= 11 is 16.4. The molecule has 5 nitrogen and oxygen atoms in total. The lowest BCUT2D eigenvalue weighted by Crippen LogP contribution is -2.53. The molecule has 5 rings (SSSR count). The van der Waals surface area contributed by atoms with Crippen LogP contribution in [0.25, 0.3) is 10.8 Å². The first-order valence-electron chi connectivity index (χ1n) is 14.3. The molecule has 42 heavy (non-hydrogen) atoms. The third-order valence-corrected chi connectivity index (χ3v) is 9.16. The molecule has 2 amide bonds. The molecular weight excluding hydrogens is 635 g/mol. The van der Waals surface area contributed by atoms with E-state index in [2.05, 4.69) is 21.2 Å². The molecule has 4 aromatic rings. The first-order chi connectivity index (χ1) is 20.4. The van der Waals surface area contributed by atoms with Crippen LogP contribution in [-0.2, 0) is 22.6 Å². The number of fused-ring (bicyclic) bond motifs is 1. The van der Waals surface area contributed by atoms with Gasteiger partial charge < -0.3 is 15.0 Å². The highest BCUT2D eigenvalue weighted by Crippen LogP contribution is 2.33. The number of halogens is 3. The van der Waals surface area contributed by atoms with Gasteiger partial charge in [0.25, 0.3) is 5.91 Å². The maximum atomic E-state index is 14.0. The molecule has 0 aliphatic heterocycles. The normalized spacial score (nSPS) is 14.4. The largest absolute Gasteiger partial charge is 0.483 e.